The third-order valence-corrected chi connectivity index (χ3v) is 6.04. The first-order valence-electron chi connectivity index (χ1n) is 8.44. The standard InChI is InChI=1S/C17H27N3O3S/c1-19(2)13-10-18-17(21)15-8-7-9-16(14-15)24(22,23)20-11-5-3-4-6-12-20/h7-9,14H,3-6,10-13H2,1-2H3,(H,18,21). The van der Waals surface area contributed by atoms with E-state index in [4.69, 9.17) is 0 Å². The maximum atomic E-state index is 12.8. The molecule has 1 aliphatic rings. The fraction of sp³-hybridized carbons (Fsp3) is 0.588. The van der Waals surface area contributed by atoms with E-state index in [1.807, 2.05) is 19.0 Å². The second-order valence-corrected chi connectivity index (χ2v) is 8.34. The Labute approximate surface area is 144 Å². The molecule has 0 saturated carbocycles. The van der Waals surface area contributed by atoms with Crippen LogP contribution in [0.3, 0.4) is 0 Å². The molecule has 1 fully saturated rings. The molecule has 1 aliphatic heterocycles. The first-order chi connectivity index (χ1) is 11.4. The minimum absolute atomic E-state index is 0.199. The van der Waals surface area contributed by atoms with Crippen molar-refractivity contribution in [2.45, 2.75) is 30.6 Å². The van der Waals surface area contributed by atoms with Crippen molar-refractivity contribution in [3.63, 3.8) is 0 Å². The van der Waals surface area contributed by atoms with Crippen LogP contribution >= 0.6 is 0 Å². The number of benzene rings is 1. The third-order valence-electron chi connectivity index (χ3n) is 4.14. The highest BCUT2D eigenvalue weighted by Gasteiger charge is 2.25. The molecular weight excluding hydrogens is 326 g/mol. The van der Waals surface area contributed by atoms with Crippen LogP contribution in [0.25, 0.3) is 0 Å². The van der Waals surface area contributed by atoms with Crippen molar-refractivity contribution in [3.05, 3.63) is 29.8 Å². The summed E-state index contributed by atoms with van der Waals surface area (Å²) in [5.74, 6) is -0.246. The monoisotopic (exact) mass is 353 g/mol. The molecule has 0 unspecified atom stereocenters. The van der Waals surface area contributed by atoms with Gasteiger partial charge in [-0.15, -0.1) is 0 Å². The maximum absolute atomic E-state index is 12.8. The van der Waals surface area contributed by atoms with Crippen molar-refractivity contribution in [3.8, 4) is 0 Å². The van der Waals surface area contributed by atoms with E-state index in [9.17, 15) is 13.2 Å². The fourth-order valence-corrected chi connectivity index (χ4v) is 4.29. The van der Waals surface area contributed by atoms with Gasteiger partial charge in [-0.05, 0) is 45.1 Å². The predicted octanol–water partition coefficient (Wildman–Crippen LogP) is 1.54. The Morgan fingerprint density at radius 3 is 2.46 bits per heavy atom. The molecule has 1 saturated heterocycles. The Balaban J connectivity index is 2.12. The summed E-state index contributed by atoms with van der Waals surface area (Å²) in [4.78, 5) is 14.4. The van der Waals surface area contributed by atoms with E-state index in [0.29, 0.717) is 25.2 Å². The van der Waals surface area contributed by atoms with Gasteiger partial charge in [0.25, 0.3) is 5.91 Å². The number of rotatable bonds is 6. The van der Waals surface area contributed by atoms with Gasteiger partial charge in [-0.3, -0.25) is 4.79 Å². The van der Waals surface area contributed by atoms with Gasteiger partial charge in [0.05, 0.1) is 4.90 Å². The molecule has 6 nitrogen and oxygen atoms in total. The molecule has 24 heavy (non-hydrogen) atoms. The summed E-state index contributed by atoms with van der Waals surface area (Å²) in [5.41, 5.74) is 0.379. The van der Waals surface area contributed by atoms with Gasteiger partial charge >= 0.3 is 0 Å². The van der Waals surface area contributed by atoms with Gasteiger partial charge in [0.2, 0.25) is 10.0 Å². The number of sulfonamides is 1. The Bertz CT molecular complexity index is 651. The second kappa shape index (κ2) is 8.60. The van der Waals surface area contributed by atoms with Crippen LogP contribution in [0.5, 0.6) is 0 Å². The zero-order chi connectivity index (χ0) is 17.6. The highest BCUT2D eigenvalue weighted by Crippen LogP contribution is 2.21. The van der Waals surface area contributed by atoms with Gasteiger partial charge in [0.15, 0.2) is 0 Å². The second-order valence-electron chi connectivity index (χ2n) is 6.41. The van der Waals surface area contributed by atoms with Crippen molar-refractivity contribution < 1.29 is 13.2 Å². The van der Waals surface area contributed by atoms with Crippen LogP contribution in [0.2, 0.25) is 0 Å². The lowest BCUT2D eigenvalue weighted by Crippen LogP contribution is -2.33. The van der Waals surface area contributed by atoms with E-state index in [-0.39, 0.29) is 10.8 Å². The van der Waals surface area contributed by atoms with Crippen molar-refractivity contribution in [1.82, 2.24) is 14.5 Å². The number of nitrogens with zero attached hydrogens (tertiary/aromatic N) is 2. The minimum atomic E-state index is -3.53. The van der Waals surface area contributed by atoms with E-state index in [0.717, 1.165) is 32.2 Å². The molecular formula is C17H27N3O3S. The Morgan fingerprint density at radius 2 is 1.83 bits per heavy atom. The fourth-order valence-electron chi connectivity index (χ4n) is 2.72. The van der Waals surface area contributed by atoms with Crippen LogP contribution in [0.4, 0.5) is 0 Å². The van der Waals surface area contributed by atoms with Crippen molar-refractivity contribution >= 4 is 15.9 Å². The molecule has 0 radical (unpaired) electrons. The number of hydrogen-bond donors (Lipinski definition) is 1. The normalized spacial score (nSPS) is 16.8. The van der Waals surface area contributed by atoms with Crippen LogP contribution in [0.1, 0.15) is 36.0 Å². The number of carbonyl (C=O) groups is 1. The van der Waals surface area contributed by atoms with Crippen molar-refractivity contribution in [1.29, 1.82) is 0 Å². The molecule has 7 heteroatoms. The molecule has 0 aliphatic carbocycles. The SMILES string of the molecule is CN(C)CCNC(=O)c1cccc(S(=O)(=O)N2CCCCCC2)c1. The van der Waals surface area contributed by atoms with Gasteiger partial charge in [-0.1, -0.05) is 18.9 Å². The Morgan fingerprint density at radius 1 is 1.17 bits per heavy atom. The number of carbonyl (C=O) groups excluding carboxylic acids is 1. The average Bonchev–Trinajstić information content (AvgIpc) is 2.84. The number of amides is 1. The van der Waals surface area contributed by atoms with Gasteiger partial charge in [-0.2, -0.15) is 4.31 Å². The van der Waals surface area contributed by atoms with Crippen molar-refractivity contribution in [2.75, 3.05) is 40.3 Å². The molecule has 1 amide bonds. The molecule has 0 bridgehead atoms. The van der Waals surface area contributed by atoms with E-state index < -0.39 is 10.0 Å². The average molecular weight is 353 g/mol. The predicted molar refractivity (Wildman–Crippen MR) is 94.6 cm³/mol. The van der Waals surface area contributed by atoms with Crippen molar-refractivity contribution in [2.24, 2.45) is 0 Å². The summed E-state index contributed by atoms with van der Waals surface area (Å²) in [5, 5.41) is 2.81. The van der Waals surface area contributed by atoms with Crippen LogP contribution in [0.15, 0.2) is 29.2 Å². The highest BCUT2D eigenvalue weighted by molar-refractivity contribution is 7.89. The molecule has 0 atom stereocenters. The molecule has 1 N–H and O–H groups in total. The zero-order valence-electron chi connectivity index (χ0n) is 14.5. The Kier molecular flexibility index (Phi) is 6.77. The van der Waals surface area contributed by atoms with E-state index in [1.165, 1.54) is 6.07 Å². The summed E-state index contributed by atoms with van der Waals surface area (Å²) >= 11 is 0. The van der Waals surface area contributed by atoms with Gasteiger partial charge < -0.3 is 10.2 Å². The molecule has 2 rings (SSSR count). The molecule has 1 aromatic carbocycles. The summed E-state index contributed by atoms with van der Waals surface area (Å²) in [6, 6.07) is 6.32. The van der Waals surface area contributed by atoms with Crippen LogP contribution in [-0.2, 0) is 10.0 Å². The van der Waals surface area contributed by atoms with E-state index in [1.54, 1.807) is 22.5 Å². The largest absolute Gasteiger partial charge is 0.351 e. The first kappa shape index (κ1) is 18.9. The number of likely N-dealkylation sites (N-methyl/N-ethyl adjacent to an activating group) is 1. The summed E-state index contributed by atoms with van der Waals surface area (Å²) in [6.07, 6.45) is 3.93. The number of nitrogens with one attached hydrogen (secondary N) is 1. The summed E-state index contributed by atoms with van der Waals surface area (Å²) < 4.78 is 27.2. The Hall–Kier alpha value is -1.44. The smallest absolute Gasteiger partial charge is 0.251 e. The molecule has 0 aromatic heterocycles. The molecule has 0 spiro atoms. The van der Waals surface area contributed by atoms with E-state index >= 15 is 0 Å². The first-order valence-corrected chi connectivity index (χ1v) is 9.88. The quantitative estimate of drug-likeness (QED) is 0.842. The lowest BCUT2D eigenvalue weighted by atomic mass is 10.2. The lowest BCUT2D eigenvalue weighted by Gasteiger charge is -2.20. The molecule has 1 heterocycles. The minimum Gasteiger partial charge on any atom is -0.351 e. The van der Waals surface area contributed by atoms with Gasteiger partial charge in [-0.25, -0.2) is 8.42 Å². The van der Waals surface area contributed by atoms with Gasteiger partial charge in [0, 0.05) is 31.7 Å². The van der Waals surface area contributed by atoms with Crippen LogP contribution in [-0.4, -0.2) is 63.8 Å². The highest BCUT2D eigenvalue weighted by atomic mass is 32.2. The zero-order valence-corrected chi connectivity index (χ0v) is 15.3. The number of hydrogen-bond acceptors (Lipinski definition) is 4. The summed E-state index contributed by atoms with van der Waals surface area (Å²) in [7, 11) is 0.332. The molecule has 134 valence electrons. The third kappa shape index (κ3) is 5.03. The van der Waals surface area contributed by atoms with Gasteiger partial charge in [0.1, 0.15) is 0 Å². The lowest BCUT2D eigenvalue weighted by molar-refractivity contribution is 0.0951. The van der Waals surface area contributed by atoms with Crippen LogP contribution in [0, 0.1) is 0 Å². The molecule has 1 aromatic rings. The summed E-state index contributed by atoms with van der Waals surface area (Å²) in [6.45, 7) is 2.37. The topological polar surface area (TPSA) is 69.7 Å². The van der Waals surface area contributed by atoms with E-state index in [2.05, 4.69) is 5.32 Å². The maximum Gasteiger partial charge on any atom is 0.251 e. The van der Waals surface area contributed by atoms with Crippen LogP contribution < -0.4 is 5.32 Å².